The molecule has 0 spiro atoms. The summed E-state index contributed by atoms with van der Waals surface area (Å²) in [7, 11) is 0. The second-order valence-corrected chi connectivity index (χ2v) is 7.58. The summed E-state index contributed by atoms with van der Waals surface area (Å²) >= 11 is 0. The van der Waals surface area contributed by atoms with Crippen LogP contribution in [0.3, 0.4) is 0 Å². The summed E-state index contributed by atoms with van der Waals surface area (Å²) < 4.78 is 26.1. The van der Waals surface area contributed by atoms with Gasteiger partial charge in [0, 0.05) is 31.7 Å². The lowest BCUT2D eigenvalue weighted by Gasteiger charge is -2.34. The van der Waals surface area contributed by atoms with Crippen molar-refractivity contribution in [3.05, 3.63) is 59.7 Å². The van der Waals surface area contributed by atoms with Crippen LogP contribution >= 0.6 is 0 Å². The average molecular weight is 455 g/mol. The van der Waals surface area contributed by atoms with Gasteiger partial charge in [-0.05, 0) is 66.7 Å². The highest BCUT2D eigenvalue weighted by molar-refractivity contribution is 5.95. The number of ether oxygens (including phenoxy) is 2. The number of nitrogens with zero attached hydrogens (tertiary/aromatic N) is 6. The van der Waals surface area contributed by atoms with Gasteiger partial charge in [0.1, 0.15) is 5.82 Å². The minimum absolute atomic E-state index is 0.0326. The minimum Gasteiger partial charge on any atom is -0.490 e. The van der Waals surface area contributed by atoms with E-state index in [1.54, 1.807) is 35.0 Å². The second-order valence-electron chi connectivity index (χ2n) is 7.58. The zero-order chi connectivity index (χ0) is 23.2. The third-order valence-electron chi connectivity index (χ3n) is 5.42. The van der Waals surface area contributed by atoms with E-state index in [4.69, 9.17) is 9.47 Å². The molecule has 1 aliphatic rings. The fourth-order valence-corrected chi connectivity index (χ4v) is 3.76. The number of hydrogen-bond acceptors (Lipinski definition) is 7. The highest BCUT2D eigenvalue weighted by Gasteiger charge is 2.24. The Morgan fingerprint density at radius 1 is 0.970 bits per heavy atom. The lowest BCUT2D eigenvalue weighted by molar-refractivity contribution is 0.0624. The van der Waals surface area contributed by atoms with Gasteiger partial charge in [0.2, 0.25) is 0 Å². The van der Waals surface area contributed by atoms with Crippen LogP contribution in [0.1, 0.15) is 30.0 Å². The van der Waals surface area contributed by atoms with E-state index in [2.05, 4.69) is 20.4 Å². The molecular weight excluding hydrogens is 427 g/mol. The van der Waals surface area contributed by atoms with Gasteiger partial charge >= 0.3 is 0 Å². The smallest absolute Gasteiger partial charge is 0.254 e. The van der Waals surface area contributed by atoms with Gasteiger partial charge in [-0.3, -0.25) is 9.69 Å². The molecule has 0 N–H and O–H groups in total. The summed E-state index contributed by atoms with van der Waals surface area (Å²) in [4.78, 5) is 17.1. The number of hydrogen-bond donors (Lipinski definition) is 0. The largest absolute Gasteiger partial charge is 0.490 e. The summed E-state index contributed by atoms with van der Waals surface area (Å²) in [5.41, 5.74) is 1.28. The number of piperazine rings is 1. The monoisotopic (exact) mass is 454 g/mol. The molecule has 2 aromatic carbocycles. The van der Waals surface area contributed by atoms with Crippen molar-refractivity contribution in [2.24, 2.45) is 0 Å². The van der Waals surface area contributed by atoms with E-state index < -0.39 is 0 Å². The quantitative estimate of drug-likeness (QED) is 0.517. The molecule has 0 atom stereocenters. The molecule has 1 aliphatic heterocycles. The number of rotatable bonds is 8. The van der Waals surface area contributed by atoms with Crippen LogP contribution in [-0.4, -0.2) is 75.3 Å². The Labute approximate surface area is 191 Å². The van der Waals surface area contributed by atoms with Crippen molar-refractivity contribution in [3.63, 3.8) is 0 Å². The number of carbonyl (C=O) groups is 1. The van der Waals surface area contributed by atoms with Crippen LogP contribution in [-0.2, 0) is 6.54 Å². The molecule has 4 rings (SSSR count). The van der Waals surface area contributed by atoms with E-state index in [1.165, 1.54) is 12.1 Å². The van der Waals surface area contributed by atoms with Crippen molar-refractivity contribution in [1.29, 1.82) is 0 Å². The van der Waals surface area contributed by atoms with Crippen LogP contribution in [0, 0.1) is 5.82 Å². The number of benzene rings is 2. The molecular formula is C23H27FN6O3. The van der Waals surface area contributed by atoms with Gasteiger partial charge in [0.25, 0.3) is 5.91 Å². The summed E-state index contributed by atoms with van der Waals surface area (Å²) in [5.74, 6) is 1.54. The number of carbonyl (C=O) groups excluding carboxylic acids is 1. The SMILES string of the molecule is CCOc1ccc(C(=O)N2CCN(Cc3nnnn3-c3ccc(F)cc3)CC2)cc1OCC. The zero-order valence-electron chi connectivity index (χ0n) is 18.8. The first-order valence-electron chi connectivity index (χ1n) is 11.0. The maximum absolute atomic E-state index is 13.2. The summed E-state index contributed by atoms with van der Waals surface area (Å²) in [5, 5.41) is 11.9. The van der Waals surface area contributed by atoms with Crippen LogP contribution < -0.4 is 9.47 Å². The van der Waals surface area contributed by atoms with Gasteiger partial charge in [-0.2, -0.15) is 4.68 Å². The van der Waals surface area contributed by atoms with E-state index in [-0.39, 0.29) is 11.7 Å². The highest BCUT2D eigenvalue weighted by atomic mass is 19.1. The van der Waals surface area contributed by atoms with Gasteiger partial charge < -0.3 is 14.4 Å². The Bertz CT molecular complexity index is 1080. The van der Waals surface area contributed by atoms with E-state index in [0.717, 1.165) is 0 Å². The van der Waals surface area contributed by atoms with Crippen molar-refractivity contribution in [2.75, 3.05) is 39.4 Å². The first-order valence-corrected chi connectivity index (χ1v) is 11.0. The molecule has 9 nitrogen and oxygen atoms in total. The Kier molecular flexibility index (Phi) is 7.13. The highest BCUT2D eigenvalue weighted by Crippen LogP contribution is 2.29. The third-order valence-corrected chi connectivity index (χ3v) is 5.42. The lowest BCUT2D eigenvalue weighted by atomic mass is 10.1. The van der Waals surface area contributed by atoms with Crippen molar-refractivity contribution in [2.45, 2.75) is 20.4 Å². The number of aromatic nitrogens is 4. The maximum atomic E-state index is 13.2. The predicted octanol–water partition coefficient (Wildman–Crippen LogP) is 2.56. The van der Waals surface area contributed by atoms with Crippen molar-refractivity contribution in [3.8, 4) is 17.2 Å². The number of amides is 1. The number of tetrazole rings is 1. The Balaban J connectivity index is 1.38. The molecule has 174 valence electrons. The van der Waals surface area contributed by atoms with Crippen LogP contribution in [0.4, 0.5) is 4.39 Å². The fourth-order valence-electron chi connectivity index (χ4n) is 3.76. The minimum atomic E-state index is -0.310. The molecule has 0 saturated carbocycles. The van der Waals surface area contributed by atoms with Crippen LogP contribution in [0.15, 0.2) is 42.5 Å². The molecule has 10 heteroatoms. The molecule has 0 aliphatic carbocycles. The Morgan fingerprint density at radius 2 is 1.67 bits per heavy atom. The molecule has 1 amide bonds. The van der Waals surface area contributed by atoms with Crippen LogP contribution in [0.25, 0.3) is 5.69 Å². The molecule has 0 bridgehead atoms. The molecule has 0 unspecified atom stereocenters. The van der Waals surface area contributed by atoms with Crippen LogP contribution in [0.5, 0.6) is 11.5 Å². The standard InChI is InChI=1S/C23H27FN6O3/c1-3-32-20-10-5-17(15-21(20)33-4-2)23(31)29-13-11-28(12-14-29)16-22-25-26-27-30(22)19-8-6-18(24)7-9-19/h5-10,15H,3-4,11-14,16H2,1-2H3. The zero-order valence-corrected chi connectivity index (χ0v) is 18.8. The van der Waals surface area contributed by atoms with E-state index >= 15 is 0 Å². The first kappa shape index (κ1) is 22.7. The second kappa shape index (κ2) is 10.4. The van der Waals surface area contributed by atoms with Gasteiger partial charge in [0.15, 0.2) is 17.3 Å². The molecule has 33 heavy (non-hydrogen) atoms. The lowest BCUT2D eigenvalue weighted by Crippen LogP contribution is -2.48. The first-order chi connectivity index (χ1) is 16.1. The normalized spacial score (nSPS) is 14.3. The molecule has 3 aromatic rings. The molecule has 1 saturated heterocycles. The van der Waals surface area contributed by atoms with Gasteiger partial charge in [-0.15, -0.1) is 5.10 Å². The molecule has 1 fully saturated rings. The van der Waals surface area contributed by atoms with E-state index in [1.807, 2.05) is 18.7 Å². The average Bonchev–Trinajstić information content (AvgIpc) is 3.29. The van der Waals surface area contributed by atoms with Gasteiger partial charge in [0.05, 0.1) is 25.4 Å². The summed E-state index contributed by atoms with van der Waals surface area (Å²) in [6, 6.07) is 11.3. The Hall–Kier alpha value is -3.53. The third kappa shape index (κ3) is 5.28. The molecule has 0 radical (unpaired) electrons. The maximum Gasteiger partial charge on any atom is 0.254 e. The van der Waals surface area contributed by atoms with E-state index in [9.17, 15) is 9.18 Å². The topological polar surface area (TPSA) is 85.6 Å². The van der Waals surface area contributed by atoms with Crippen molar-refractivity contribution >= 4 is 5.91 Å². The van der Waals surface area contributed by atoms with Gasteiger partial charge in [-0.25, -0.2) is 4.39 Å². The van der Waals surface area contributed by atoms with Crippen LogP contribution in [0.2, 0.25) is 0 Å². The predicted molar refractivity (Wildman–Crippen MR) is 119 cm³/mol. The van der Waals surface area contributed by atoms with Gasteiger partial charge in [-0.1, -0.05) is 0 Å². The molecule has 2 heterocycles. The Morgan fingerprint density at radius 3 is 2.36 bits per heavy atom. The fraction of sp³-hybridized carbons (Fsp3) is 0.391. The summed E-state index contributed by atoms with van der Waals surface area (Å²) in [6.45, 7) is 7.93. The van der Waals surface area contributed by atoms with Crippen molar-refractivity contribution < 1.29 is 18.7 Å². The summed E-state index contributed by atoms with van der Waals surface area (Å²) in [6.07, 6.45) is 0. The molecule has 1 aromatic heterocycles. The van der Waals surface area contributed by atoms with Crippen molar-refractivity contribution in [1.82, 2.24) is 30.0 Å². The van der Waals surface area contributed by atoms with E-state index in [0.29, 0.717) is 74.5 Å². The number of halogens is 1.